The monoisotopic (exact) mass is 278 g/mol. The third-order valence-corrected chi connectivity index (χ3v) is 3.48. The van der Waals surface area contributed by atoms with E-state index in [1.807, 2.05) is 4.90 Å². The van der Waals surface area contributed by atoms with Gasteiger partial charge in [0, 0.05) is 37.0 Å². The van der Waals surface area contributed by atoms with Gasteiger partial charge < -0.3 is 11.1 Å². The van der Waals surface area contributed by atoms with Crippen LogP contribution < -0.4 is 11.1 Å². The number of carbonyl (C=O) groups excluding carboxylic acids is 1. The molecule has 0 saturated carbocycles. The van der Waals surface area contributed by atoms with Crippen molar-refractivity contribution in [2.75, 3.05) is 25.0 Å². The van der Waals surface area contributed by atoms with Crippen LogP contribution in [0.1, 0.15) is 6.92 Å². The second kappa shape index (κ2) is 5.98. The zero-order valence-corrected chi connectivity index (χ0v) is 11.3. The van der Waals surface area contributed by atoms with Gasteiger partial charge in [0.25, 0.3) is 5.69 Å². The first kappa shape index (κ1) is 14.4. The van der Waals surface area contributed by atoms with Crippen LogP contribution in [0.25, 0.3) is 0 Å². The number of nitrogens with one attached hydrogen (secondary N) is 1. The van der Waals surface area contributed by atoms with Gasteiger partial charge in [0.1, 0.15) is 0 Å². The van der Waals surface area contributed by atoms with E-state index in [-0.39, 0.29) is 24.2 Å². The Bertz CT molecular complexity index is 493. The lowest BCUT2D eigenvalue weighted by atomic mass is 10.1. The van der Waals surface area contributed by atoms with E-state index in [0.717, 1.165) is 13.1 Å². The van der Waals surface area contributed by atoms with Gasteiger partial charge in [-0.2, -0.15) is 0 Å². The predicted octanol–water partition coefficient (Wildman–Crippen LogP) is 0.812. The molecule has 3 N–H and O–H groups in total. The highest BCUT2D eigenvalue weighted by Crippen LogP contribution is 2.16. The van der Waals surface area contributed by atoms with E-state index in [9.17, 15) is 14.9 Å². The molecule has 7 heteroatoms. The highest BCUT2D eigenvalue weighted by atomic mass is 16.6. The number of likely N-dealkylation sites (tertiary alicyclic amines) is 1. The topological polar surface area (TPSA) is 102 Å². The Hall–Kier alpha value is -1.99. The summed E-state index contributed by atoms with van der Waals surface area (Å²) in [6.07, 6.45) is 0. The molecule has 1 saturated heterocycles. The summed E-state index contributed by atoms with van der Waals surface area (Å²) in [7, 11) is 0. The predicted molar refractivity (Wildman–Crippen MR) is 75.3 cm³/mol. The van der Waals surface area contributed by atoms with Crippen molar-refractivity contribution in [1.29, 1.82) is 0 Å². The Labute approximate surface area is 116 Å². The third-order valence-electron chi connectivity index (χ3n) is 3.48. The number of hydrogen-bond acceptors (Lipinski definition) is 5. The van der Waals surface area contributed by atoms with Crippen LogP contribution in [0.4, 0.5) is 11.4 Å². The highest BCUT2D eigenvalue weighted by molar-refractivity contribution is 5.92. The van der Waals surface area contributed by atoms with Crippen molar-refractivity contribution in [3.8, 4) is 0 Å². The maximum atomic E-state index is 11.9. The molecule has 1 aliphatic heterocycles. The second-order valence-corrected chi connectivity index (χ2v) is 5.19. The Morgan fingerprint density at radius 1 is 1.45 bits per heavy atom. The van der Waals surface area contributed by atoms with Crippen LogP contribution in [-0.4, -0.2) is 41.4 Å². The number of amides is 1. The normalized spacial score (nSPS) is 22.7. The van der Waals surface area contributed by atoms with Gasteiger partial charge in [0.05, 0.1) is 11.5 Å². The lowest BCUT2D eigenvalue weighted by molar-refractivity contribution is -0.384. The number of benzene rings is 1. The fourth-order valence-electron chi connectivity index (χ4n) is 2.29. The molecular weight excluding hydrogens is 260 g/mol. The molecule has 1 amide bonds. The largest absolute Gasteiger partial charge is 0.326 e. The van der Waals surface area contributed by atoms with Gasteiger partial charge in [-0.05, 0) is 18.1 Å². The fourth-order valence-corrected chi connectivity index (χ4v) is 2.29. The van der Waals surface area contributed by atoms with E-state index < -0.39 is 4.92 Å². The van der Waals surface area contributed by atoms with Gasteiger partial charge in [-0.3, -0.25) is 19.8 Å². The Balaban J connectivity index is 1.87. The van der Waals surface area contributed by atoms with Crippen molar-refractivity contribution in [2.45, 2.75) is 13.0 Å². The molecular formula is C13H18N4O3. The standard InChI is InChI=1S/C13H18N4O3/c1-9-6-16(7-12(9)14)8-13(18)15-10-2-4-11(5-3-10)17(19)20/h2-5,9,12H,6-8,14H2,1H3,(H,15,18). The van der Waals surface area contributed by atoms with Crippen molar-refractivity contribution >= 4 is 17.3 Å². The van der Waals surface area contributed by atoms with Gasteiger partial charge in [0.2, 0.25) is 5.91 Å². The van der Waals surface area contributed by atoms with Crippen LogP contribution in [0.15, 0.2) is 24.3 Å². The summed E-state index contributed by atoms with van der Waals surface area (Å²) >= 11 is 0. The van der Waals surface area contributed by atoms with Crippen LogP contribution in [0.5, 0.6) is 0 Å². The van der Waals surface area contributed by atoms with Gasteiger partial charge in [-0.15, -0.1) is 0 Å². The van der Waals surface area contributed by atoms with Gasteiger partial charge in [-0.25, -0.2) is 0 Å². The van der Waals surface area contributed by atoms with Crippen molar-refractivity contribution in [3.05, 3.63) is 34.4 Å². The van der Waals surface area contributed by atoms with Gasteiger partial charge >= 0.3 is 0 Å². The smallest absolute Gasteiger partial charge is 0.269 e. The molecule has 7 nitrogen and oxygen atoms in total. The number of nitrogens with zero attached hydrogens (tertiary/aromatic N) is 2. The van der Waals surface area contributed by atoms with Crippen LogP contribution >= 0.6 is 0 Å². The molecule has 0 aromatic heterocycles. The molecule has 1 fully saturated rings. The van der Waals surface area contributed by atoms with E-state index in [2.05, 4.69) is 12.2 Å². The number of non-ortho nitro benzene ring substituents is 1. The molecule has 2 atom stereocenters. The quantitative estimate of drug-likeness (QED) is 0.627. The molecule has 108 valence electrons. The zero-order chi connectivity index (χ0) is 14.7. The summed E-state index contributed by atoms with van der Waals surface area (Å²) in [4.78, 5) is 23.9. The molecule has 1 heterocycles. The molecule has 0 spiro atoms. The van der Waals surface area contributed by atoms with Crippen molar-refractivity contribution < 1.29 is 9.72 Å². The minimum atomic E-state index is -0.474. The molecule has 1 aromatic carbocycles. The van der Waals surface area contributed by atoms with E-state index in [1.165, 1.54) is 24.3 Å². The second-order valence-electron chi connectivity index (χ2n) is 5.19. The number of nitrogens with two attached hydrogens (primary N) is 1. The number of nitro groups is 1. The zero-order valence-electron chi connectivity index (χ0n) is 11.3. The van der Waals surface area contributed by atoms with Crippen LogP contribution in [0, 0.1) is 16.0 Å². The molecule has 2 rings (SSSR count). The van der Waals surface area contributed by atoms with Crippen molar-refractivity contribution in [2.24, 2.45) is 11.7 Å². The first-order valence-corrected chi connectivity index (χ1v) is 6.48. The molecule has 2 unspecified atom stereocenters. The summed E-state index contributed by atoms with van der Waals surface area (Å²) < 4.78 is 0. The minimum absolute atomic E-state index is 0.00217. The molecule has 0 bridgehead atoms. The molecule has 0 radical (unpaired) electrons. The van der Waals surface area contributed by atoms with E-state index in [1.54, 1.807) is 0 Å². The molecule has 20 heavy (non-hydrogen) atoms. The lowest BCUT2D eigenvalue weighted by Gasteiger charge is -2.14. The van der Waals surface area contributed by atoms with Gasteiger partial charge in [-0.1, -0.05) is 6.92 Å². The summed E-state index contributed by atoms with van der Waals surface area (Å²) in [6, 6.07) is 5.89. The third kappa shape index (κ3) is 3.52. The number of carbonyl (C=O) groups is 1. The van der Waals surface area contributed by atoms with Crippen LogP contribution in [0.2, 0.25) is 0 Å². The Kier molecular flexibility index (Phi) is 4.31. The highest BCUT2D eigenvalue weighted by Gasteiger charge is 2.27. The molecule has 1 aromatic rings. The Morgan fingerprint density at radius 2 is 2.10 bits per heavy atom. The molecule has 0 aliphatic carbocycles. The average Bonchev–Trinajstić information content (AvgIpc) is 2.68. The van der Waals surface area contributed by atoms with Crippen molar-refractivity contribution in [1.82, 2.24) is 4.90 Å². The van der Waals surface area contributed by atoms with Gasteiger partial charge in [0.15, 0.2) is 0 Å². The maximum Gasteiger partial charge on any atom is 0.269 e. The lowest BCUT2D eigenvalue weighted by Crippen LogP contribution is -2.33. The number of rotatable bonds is 4. The van der Waals surface area contributed by atoms with E-state index in [4.69, 9.17) is 5.73 Å². The maximum absolute atomic E-state index is 11.9. The minimum Gasteiger partial charge on any atom is -0.326 e. The average molecular weight is 278 g/mol. The van der Waals surface area contributed by atoms with Crippen LogP contribution in [0.3, 0.4) is 0 Å². The summed E-state index contributed by atoms with van der Waals surface area (Å²) in [5, 5.41) is 13.2. The summed E-state index contributed by atoms with van der Waals surface area (Å²) in [5.74, 6) is 0.252. The number of nitro benzene ring substituents is 1. The number of anilines is 1. The van der Waals surface area contributed by atoms with E-state index in [0.29, 0.717) is 11.6 Å². The molecule has 1 aliphatic rings. The van der Waals surface area contributed by atoms with E-state index >= 15 is 0 Å². The van der Waals surface area contributed by atoms with Crippen LogP contribution in [-0.2, 0) is 4.79 Å². The van der Waals surface area contributed by atoms with Crippen molar-refractivity contribution in [3.63, 3.8) is 0 Å². The fraction of sp³-hybridized carbons (Fsp3) is 0.462. The first-order valence-electron chi connectivity index (χ1n) is 6.48. The Morgan fingerprint density at radius 3 is 2.60 bits per heavy atom. The SMILES string of the molecule is CC1CN(CC(=O)Nc2ccc([N+](=O)[O-])cc2)CC1N. The summed E-state index contributed by atoms with van der Waals surface area (Å²) in [5.41, 5.74) is 6.46. The summed E-state index contributed by atoms with van der Waals surface area (Å²) in [6.45, 7) is 3.89. The number of hydrogen-bond donors (Lipinski definition) is 2. The first-order chi connectivity index (χ1) is 9.45.